The van der Waals surface area contributed by atoms with Gasteiger partial charge in [-0.1, -0.05) is 26.7 Å². The number of hydrogen-bond donors (Lipinski definition) is 2. The van der Waals surface area contributed by atoms with Crippen LogP contribution in [0, 0.1) is 0 Å². The van der Waals surface area contributed by atoms with Crippen molar-refractivity contribution >= 4 is 17.7 Å². The first-order valence-corrected chi connectivity index (χ1v) is 11.5. The van der Waals surface area contributed by atoms with Gasteiger partial charge in [0, 0.05) is 11.1 Å². The minimum absolute atomic E-state index is 0.283. The first-order valence-electron chi connectivity index (χ1n) is 11.5. The molecule has 0 spiro atoms. The van der Waals surface area contributed by atoms with Gasteiger partial charge in [0.1, 0.15) is 11.5 Å². The summed E-state index contributed by atoms with van der Waals surface area (Å²) in [6, 6.07) is 12.5. The second-order valence-corrected chi connectivity index (χ2v) is 7.76. The molecule has 0 aromatic heterocycles. The van der Waals surface area contributed by atoms with Crippen molar-refractivity contribution in [3.8, 4) is 11.5 Å². The molecule has 190 valence electrons. The molecule has 2 N–H and O–H groups in total. The molecule has 0 bridgehead atoms. The molecule has 0 heterocycles. The minimum Gasteiger partial charge on any atom is -0.482 e. The average Bonchev–Trinajstić information content (AvgIpc) is 2.85. The molecule has 2 aromatic carbocycles. The summed E-state index contributed by atoms with van der Waals surface area (Å²) < 4.78 is 22.7. The molecule has 0 fully saturated rings. The quantitative estimate of drug-likeness (QED) is 0.190. The normalized spacial score (nSPS) is 11.1. The van der Waals surface area contributed by atoms with Crippen molar-refractivity contribution in [3.05, 3.63) is 59.7 Å². The molecule has 2 aromatic rings. The highest BCUT2D eigenvalue weighted by Gasteiger charge is 2.43. The van der Waals surface area contributed by atoms with Gasteiger partial charge in [0.25, 0.3) is 5.79 Å². The number of carbonyl (C=O) groups is 3. The molecule has 0 aliphatic carbocycles. The zero-order valence-corrected chi connectivity index (χ0v) is 20.0. The zero-order valence-electron chi connectivity index (χ0n) is 20.0. The predicted octanol–water partition coefficient (Wildman–Crippen LogP) is 4.28. The molecule has 0 unspecified atom stereocenters. The first kappa shape index (κ1) is 27.8. The molecule has 0 aliphatic heterocycles. The first-order chi connectivity index (χ1) is 16.8. The minimum atomic E-state index is -1.72. The van der Waals surface area contributed by atoms with E-state index in [-0.39, 0.29) is 13.2 Å². The monoisotopic (exact) mass is 488 g/mol. The molecule has 0 amide bonds. The van der Waals surface area contributed by atoms with Crippen LogP contribution in [-0.2, 0) is 24.8 Å². The fourth-order valence-corrected chi connectivity index (χ4v) is 3.14. The van der Waals surface area contributed by atoms with Crippen LogP contribution in [0.5, 0.6) is 11.5 Å². The van der Waals surface area contributed by atoms with Gasteiger partial charge >= 0.3 is 11.9 Å². The number of unbranched alkanes of at least 4 members (excludes halogenated alkanes) is 2. The largest absolute Gasteiger partial charge is 0.482 e. The average molecular weight is 489 g/mol. The lowest BCUT2D eigenvalue weighted by atomic mass is 9.95. The molecule has 0 aliphatic rings. The van der Waals surface area contributed by atoms with Crippen molar-refractivity contribution in [3.63, 3.8) is 0 Å². The van der Waals surface area contributed by atoms with E-state index in [1.54, 1.807) is 24.3 Å². The summed E-state index contributed by atoms with van der Waals surface area (Å²) in [6.07, 6.45) is 3.15. The summed E-state index contributed by atoms with van der Waals surface area (Å²) >= 11 is 0. The van der Waals surface area contributed by atoms with E-state index < -0.39 is 36.7 Å². The summed E-state index contributed by atoms with van der Waals surface area (Å²) in [7, 11) is 0. The Balaban J connectivity index is 2.42. The SMILES string of the molecule is CCCCOC(OCCCC)(C(=O)c1ccc(OCC(=O)O)cc1)c1ccc(OCC(=O)O)cc1. The second kappa shape index (κ2) is 14.1. The highest BCUT2D eigenvalue weighted by Crippen LogP contribution is 2.34. The summed E-state index contributed by atoms with van der Waals surface area (Å²) in [5, 5.41) is 17.6. The van der Waals surface area contributed by atoms with Gasteiger partial charge in [-0.3, -0.25) is 4.79 Å². The molecule has 35 heavy (non-hydrogen) atoms. The van der Waals surface area contributed by atoms with Crippen LogP contribution >= 0.6 is 0 Å². The van der Waals surface area contributed by atoms with Crippen molar-refractivity contribution < 1.29 is 43.5 Å². The number of aliphatic carboxylic acids is 2. The van der Waals surface area contributed by atoms with Crippen LogP contribution in [0.15, 0.2) is 48.5 Å². The maximum absolute atomic E-state index is 13.8. The van der Waals surface area contributed by atoms with Gasteiger partial charge in [-0.05, 0) is 61.4 Å². The highest BCUT2D eigenvalue weighted by atomic mass is 16.7. The van der Waals surface area contributed by atoms with Crippen LogP contribution < -0.4 is 9.47 Å². The van der Waals surface area contributed by atoms with Crippen LogP contribution in [0.2, 0.25) is 0 Å². The molecular weight excluding hydrogens is 456 g/mol. The number of carboxylic acids is 2. The van der Waals surface area contributed by atoms with Crippen molar-refractivity contribution in [2.75, 3.05) is 26.4 Å². The molecule has 9 heteroatoms. The van der Waals surface area contributed by atoms with Crippen molar-refractivity contribution in [2.45, 2.75) is 45.3 Å². The number of carbonyl (C=O) groups excluding carboxylic acids is 1. The number of ether oxygens (including phenoxy) is 4. The maximum Gasteiger partial charge on any atom is 0.341 e. The van der Waals surface area contributed by atoms with Gasteiger partial charge in [0.15, 0.2) is 13.2 Å². The van der Waals surface area contributed by atoms with E-state index in [9.17, 15) is 14.4 Å². The molecule has 2 rings (SSSR count). The Morgan fingerprint density at radius 1 is 0.714 bits per heavy atom. The topological polar surface area (TPSA) is 129 Å². The third kappa shape index (κ3) is 8.38. The summed E-state index contributed by atoms with van der Waals surface area (Å²) in [6.45, 7) is 3.61. The van der Waals surface area contributed by atoms with E-state index in [0.717, 1.165) is 12.8 Å². The van der Waals surface area contributed by atoms with Gasteiger partial charge in [0.05, 0.1) is 13.2 Å². The van der Waals surface area contributed by atoms with Crippen LogP contribution in [0.3, 0.4) is 0 Å². The van der Waals surface area contributed by atoms with Crippen LogP contribution in [0.4, 0.5) is 0 Å². The van der Waals surface area contributed by atoms with E-state index in [4.69, 9.17) is 29.2 Å². The fourth-order valence-electron chi connectivity index (χ4n) is 3.14. The van der Waals surface area contributed by atoms with Gasteiger partial charge < -0.3 is 29.2 Å². The fraction of sp³-hybridized carbons (Fsp3) is 0.423. The Labute approximate surface area is 204 Å². The number of carboxylic acid groups (broad SMARTS) is 2. The van der Waals surface area contributed by atoms with Crippen molar-refractivity contribution in [1.82, 2.24) is 0 Å². The third-order valence-electron chi connectivity index (χ3n) is 4.98. The lowest BCUT2D eigenvalue weighted by Crippen LogP contribution is -2.42. The third-order valence-corrected chi connectivity index (χ3v) is 4.98. The Hall–Kier alpha value is -3.43. The number of benzene rings is 2. The molecule has 0 atom stereocenters. The standard InChI is InChI=1S/C26H32O9/c1-3-5-15-34-26(35-16-6-4-2,20-9-13-22(14-10-20)33-18-24(29)30)25(31)19-7-11-21(12-8-19)32-17-23(27)28/h7-14H,3-6,15-18H2,1-2H3,(H,27,28)(H,29,30). The number of rotatable bonds is 17. The van der Waals surface area contributed by atoms with Crippen LogP contribution in [0.25, 0.3) is 0 Å². The molecular formula is C26H32O9. The molecule has 0 radical (unpaired) electrons. The maximum atomic E-state index is 13.8. The molecule has 9 nitrogen and oxygen atoms in total. The van der Waals surface area contributed by atoms with Gasteiger partial charge in [-0.25, -0.2) is 9.59 Å². The predicted molar refractivity (Wildman–Crippen MR) is 127 cm³/mol. The smallest absolute Gasteiger partial charge is 0.341 e. The number of ketones is 1. The molecule has 0 saturated heterocycles. The van der Waals surface area contributed by atoms with Crippen molar-refractivity contribution in [2.24, 2.45) is 0 Å². The van der Waals surface area contributed by atoms with Crippen molar-refractivity contribution in [1.29, 1.82) is 0 Å². The number of hydrogen-bond acceptors (Lipinski definition) is 7. The van der Waals surface area contributed by atoms with E-state index in [0.29, 0.717) is 35.5 Å². The molecule has 0 saturated carbocycles. The lowest BCUT2D eigenvalue weighted by Gasteiger charge is -2.33. The summed E-state index contributed by atoms with van der Waals surface area (Å²) in [5.74, 6) is -3.70. The number of Topliss-reactive ketones (excluding diaryl/α,β-unsaturated/α-hetero) is 1. The van der Waals surface area contributed by atoms with Crippen LogP contribution in [-0.4, -0.2) is 54.4 Å². The van der Waals surface area contributed by atoms with Gasteiger partial charge in [0.2, 0.25) is 5.78 Å². The van der Waals surface area contributed by atoms with E-state index in [1.807, 2.05) is 13.8 Å². The van der Waals surface area contributed by atoms with Gasteiger partial charge in [-0.2, -0.15) is 0 Å². The Morgan fingerprint density at radius 2 is 1.14 bits per heavy atom. The summed E-state index contributed by atoms with van der Waals surface area (Å²) in [5.41, 5.74) is 0.746. The zero-order chi connectivity index (χ0) is 25.7. The summed E-state index contributed by atoms with van der Waals surface area (Å²) in [4.78, 5) is 35.4. The Bertz CT molecular complexity index is 942. The van der Waals surface area contributed by atoms with E-state index in [2.05, 4.69) is 0 Å². The van der Waals surface area contributed by atoms with Gasteiger partial charge in [-0.15, -0.1) is 0 Å². The lowest BCUT2D eigenvalue weighted by molar-refractivity contribution is -0.210. The van der Waals surface area contributed by atoms with E-state index in [1.165, 1.54) is 24.3 Å². The highest BCUT2D eigenvalue weighted by molar-refractivity contribution is 6.02. The Morgan fingerprint density at radius 3 is 1.54 bits per heavy atom. The van der Waals surface area contributed by atoms with E-state index >= 15 is 0 Å². The second-order valence-electron chi connectivity index (χ2n) is 7.76. The van der Waals surface area contributed by atoms with Crippen LogP contribution in [0.1, 0.15) is 55.5 Å². The Kier molecular flexibility index (Phi) is 11.2.